The summed E-state index contributed by atoms with van der Waals surface area (Å²) in [5.41, 5.74) is 6.43. The number of rotatable bonds is 8. The van der Waals surface area contributed by atoms with Gasteiger partial charge < -0.3 is 34.5 Å². The van der Waals surface area contributed by atoms with E-state index >= 15 is 0 Å². The quantitative estimate of drug-likeness (QED) is 0.585. The van der Waals surface area contributed by atoms with Crippen LogP contribution in [0.5, 0.6) is 17.2 Å². The Labute approximate surface area is 179 Å². The van der Waals surface area contributed by atoms with Crippen molar-refractivity contribution in [1.82, 2.24) is 0 Å². The number of esters is 1. The monoisotopic (exact) mass is 432 g/mol. The van der Waals surface area contributed by atoms with Crippen LogP contribution in [0.1, 0.15) is 32.3 Å². The van der Waals surface area contributed by atoms with Crippen molar-refractivity contribution in [3.8, 4) is 23.3 Å². The van der Waals surface area contributed by atoms with Crippen LogP contribution in [0, 0.1) is 11.3 Å². The number of aliphatic carboxylic acids is 1. The van der Waals surface area contributed by atoms with Crippen molar-refractivity contribution in [3.63, 3.8) is 0 Å². The minimum absolute atomic E-state index is 0.00494. The molecule has 1 aromatic carbocycles. The number of methoxy groups -OCH3 is 2. The molecule has 0 amide bonds. The van der Waals surface area contributed by atoms with Crippen molar-refractivity contribution in [2.24, 2.45) is 5.73 Å². The predicted molar refractivity (Wildman–Crippen MR) is 107 cm³/mol. The number of carboxylic acid groups (broad SMARTS) is 1. The van der Waals surface area contributed by atoms with Crippen LogP contribution in [0.15, 0.2) is 34.9 Å². The highest BCUT2D eigenvalue weighted by Crippen LogP contribution is 2.46. The summed E-state index contributed by atoms with van der Waals surface area (Å²) in [5.74, 6) is -2.37. The lowest BCUT2D eigenvalue weighted by molar-refractivity contribution is -0.144. The molecule has 10 nitrogen and oxygen atoms in total. The fourth-order valence-electron chi connectivity index (χ4n) is 3.10. The zero-order valence-corrected chi connectivity index (χ0v) is 17.8. The minimum atomic E-state index is -1.18. The van der Waals surface area contributed by atoms with Gasteiger partial charge in [-0.05, 0) is 38.5 Å². The van der Waals surface area contributed by atoms with E-state index in [-0.39, 0.29) is 46.6 Å². The van der Waals surface area contributed by atoms with E-state index in [4.69, 9.17) is 34.5 Å². The van der Waals surface area contributed by atoms with Gasteiger partial charge in [0.25, 0.3) is 0 Å². The number of benzene rings is 1. The largest absolute Gasteiger partial charge is 0.493 e. The van der Waals surface area contributed by atoms with E-state index in [0.29, 0.717) is 5.56 Å². The highest BCUT2D eigenvalue weighted by molar-refractivity contribution is 5.92. The molecule has 0 saturated carbocycles. The van der Waals surface area contributed by atoms with Gasteiger partial charge in [0.1, 0.15) is 17.4 Å². The van der Waals surface area contributed by atoms with Gasteiger partial charge in [-0.15, -0.1) is 0 Å². The van der Waals surface area contributed by atoms with Crippen LogP contribution in [-0.2, 0) is 19.1 Å². The Morgan fingerprint density at radius 2 is 1.87 bits per heavy atom. The lowest BCUT2D eigenvalue weighted by atomic mass is 9.83. The molecule has 1 heterocycles. The third kappa shape index (κ3) is 4.66. The molecule has 0 aliphatic carbocycles. The van der Waals surface area contributed by atoms with Gasteiger partial charge >= 0.3 is 11.9 Å². The maximum atomic E-state index is 12.7. The van der Waals surface area contributed by atoms with Crippen LogP contribution in [0.4, 0.5) is 0 Å². The third-order valence-electron chi connectivity index (χ3n) is 4.56. The normalized spacial score (nSPS) is 16.7. The van der Waals surface area contributed by atoms with Crippen molar-refractivity contribution >= 4 is 11.9 Å². The number of allylic oxidation sites excluding steroid dienone is 2. The van der Waals surface area contributed by atoms with Gasteiger partial charge in [-0.1, -0.05) is 0 Å². The second kappa shape index (κ2) is 9.75. The topological polar surface area (TPSA) is 150 Å². The molecule has 0 radical (unpaired) electrons. The van der Waals surface area contributed by atoms with Gasteiger partial charge in [0, 0.05) is 0 Å². The number of nitrogens with two attached hydrogens (primary N) is 1. The predicted octanol–water partition coefficient (Wildman–Crippen LogP) is 2.20. The first-order chi connectivity index (χ1) is 14.7. The summed E-state index contributed by atoms with van der Waals surface area (Å²) in [6.45, 7) is 4.68. The number of carboxylic acids is 1. The number of carbonyl (C=O) groups excluding carboxylic acids is 1. The second-order valence-electron chi connectivity index (χ2n) is 6.47. The molecule has 0 saturated heterocycles. The van der Waals surface area contributed by atoms with E-state index < -0.39 is 24.0 Å². The Morgan fingerprint density at radius 3 is 2.32 bits per heavy atom. The highest BCUT2D eigenvalue weighted by atomic mass is 16.6. The van der Waals surface area contributed by atoms with Crippen molar-refractivity contribution < 1.29 is 38.4 Å². The minimum Gasteiger partial charge on any atom is -0.493 e. The highest BCUT2D eigenvalue weighted by Gasteiger charge is 2.37. The van der Waals surface area contributed by atoms with Crippen LogP contribution in [0.25, 0.3) is 0 Å². The zero-order valence-electron chi connectivity index (χ0n) is 17.8. The van der Waals surface area contributed by atoms with Crippen molar-refractivity contribution in [3.05, 3.63) is 40.5 Å². The zero-order chi connectivity index (χ0) is 23.3. The van der Waals surface area contributed by atoms with Gasteiger partial charge in [-0.3, -0.25) is 0 Å². The van der Waals surface area contributed by atoms with E-state index in [0.717, 1.165) is 0 Å². The summed E-state index contributed by atoms with van der Waals surface area (Å²) in [5, 5.41) is 18.9. The van der Waals surface area contributed by atoms with Crippen LogP contribution >= 0.6 is 0 Å². The molecule has 3 N–H and O–H groups in total. The molecule has 0 aromatic heterocycles. The maximum Gasteiger partial charge on any atom is 0.344 e. The summed E-state index contributed by atoms with van der Waals surface area (Å²) in [6.07, 6.45) is -1.18. The Hall–Kier alpha value is -3.87. The Kier molecular flexibility index (Phi) is 7.37. The molecule has 1 aliphatic heterocycles. The van der Waals surface area contributed by atoms with Crippen LogP contribution < -0.4 is 19.9 Å². The van der Waals surface area contributed by atoms with Crippen LogP contribution in [-0.4, -0.2) is 44.0 Å². The molecule has 31 heavy (non-hydrogen) atoms. The number of hydrogen-bond donors (Lipinski definition) is 2. The Bertz CT molecular complexity index is 965. The molecule has 2 unspecified atom stereocenters. The summed E-state index contributed by atoms with van der Waals surface area (Å²) in [6, 6.07) is 5.01. The summed E-state index contributed by atoms with van der Waals surface area (Å²) < 4.78 is 26.8. The first-order valence-corrected chi connectivity index (χ1v) is 9.30. The number of nitrogens with zero attached hydrogens (tertiary/aromatic N) is 1. The second-order valence-corrected chi connectivity index (χ2v) is 6.47. The van der Waals surface area contributed by atoms with Gasteiger partial charge in [0.2, 0.25) is 11.6 Å². The Morgan fingerprint density at radius 1 is 1.29 bits per heavy atom. The fraction of sp³-hybridized carbons (Fsp3) is 0.381. The first-order valence-electron chi connectivity index (χ1n) is 9.30. The number of nitriles is 1. The van der Waals surface area contributed by atoms with Crippen molar-refractivity contribution in [1.29, 1.82) is 5.26 Å². The van der Waals surface area contributed by atoms with Gasteiger partial charge in [0.05, 0.1) is 32.3 Å². The molecule has 10 heteroatoms. The number of hydrogen-bond acceptors (Lipinski definition) is 9. The van der Waals surface area contributed by atoms with Crippen molar-refractivity contribution in [2.75, 3.05) is 20.8 Å². The smallest absolute Gasteiger partial charge is 0.344 e. The van der Waals surface area contributed by atoms with Gasteiger partial charge in [0.15, 0.2) is 17.6 Å². The van der Waals surface area contributed by atoms with Crippen LogP contribution in [0.2, 0.25) is 0 Å². The van der Waals surface area contributed by atoms with E-state index in [9.17, 15) is 14.9 Å². The van der Waals surface area contributed by atoms with E-state index in [1.54, 1.807) is 13.8 Å². The van der Waals surface area contributed by atoms with Gasteiger partial charge in [-0.25, -0.2) is 9.59 Å². The fourth-order valence-corrected chi connectivity index (χ4v) is 3.10. The van der Waals surface area contributed by atoms with E-state index in [1.807, 2.05) is 6.07 Å². The number of ether oxygens (including phenoxy) is 5. The lowest BCUT2D eigenvalue weighted by Gasteiger charge is -2.28. The summed E-state index contributed by atoms with van der Waals surface area (Å²) >= 11 is 0. The summed E-state index contributed by atoms with van der Waals surface area (Å²) in [4.78, 5) is 23.9. The molecule has 1 aromatic rings. The third-order valence-corrected chi connectivity index (χ3v) is 4.56. The van der Waals surface area contributed by atoms with Gasteiger partial charge in [-0.2, -0.15) is 5.26 Å². The molecule has 2 rings (SSSR count). The molecule has 0 fully saturated rings. The van der Waals surface area contributed by atoms with E-state index in [2.05, 4.69) is 0 Å². The molecule has 0 spiro atoms. The molecule has 2 atom stereocenters. The molecule has 166 valence electrons. The molecule has 0 bridgehead atoms. The molecular weight excluding hydrogens is 408 g/mol. The van der Waals surface area contributed by atoms with E-state index in [1.165, 1.54) is 33.3 Å². The van der Waals surface area contributed by atoms with Crippen LogP contribution in [0.3, 0.4) is 0 Å². The summed E-state index contributed by atoms with van der Waals surface area (Å²) in [7, 11) is 2.73. The van der Waals surface area contributed by atoms with Crippen molar-refractivity contribution in [2.45, 2.75) is 32.8 Å². The average Bonchev–Trinajstić information content (AvgIpc) is 2.73. The standard InChI is InChI=1S/C21H24N2O8/c1-6-29-21(26)16-10(2)31-19(23)13(9-22)17(16)12-7-14(27-4)18(15(8-12)28-5)30-11(3)20(24)25/h7-8,11,17H,6,23H2,1-5H3,(H,24,25). The lowest BCUT2D eigenvalue weighted by Crippen LogP contribution is -2.26. The maximum absolute atomic E-state index is 12.7. The SMILES string of the molecule is CCOC(=O)C1=C(C)OC(N)=C(C#N)C1c1cc(OC)c(OC(C)C(=O)O)c(OC)c1. The molecular formula is C21H24N2O8. The molecule has 1 aliphatic rings. The Balaban J connectivity index is 2.72. The number of carbonyl (C=O) groups is 2. The average molecular weight is 432 g/mol. The first kappa shape index (κ1) is 23.4.